The van der Waals surface area contributed by atoms with Crippen LogP contribution < -0.4 is 5.43 Å². The Morgan fingerprint density at radius 2 is 2.25 bits per heavy atom. The van der Waals surface area contributed by atoms with Crippen LogP contribution in [0.25, 0.3) is 0 Å². The van der Waals surface area contributed by atoms with Crippen LogP contribution in [0.2, 0.25) is 0 Å². The molecule has 5 nitrogen and oxygen atoms in total. The standard InChI is InChI=1S/C14H19N3O2S/c1-9-7-12(11(3)20-9)10(2)15-16-13(18)8-17-6-4-5-14(17)19/h7H,4-6,8H2,1-3H3,(H,16,18)/b15-10+. The summed E-state index contributed by atoms with van der Waals surface area (Å²) >= 11 is 1.71. The summed E-state index contributed by atoms with van der Waals surface area (Å²) in [5.74, 6) is -0.200. The minimum atomic E-state index is -0.246. The van der Waals surface area contributed by atoms with E-state index >= 15 is 0 Å². The van der Waals surface area contributed by atoms with E-state index in [1.807, 2.05) is 20.8 Å². The third-order valence-corrected chi connectivity index (χ3v) is 4.25. The first-order valence-electron chi connectivity index (χ1n) is 6.65. The first-order valence-corrected chi connectivity index (χ1v) is 7.47. The van der Waals surface area contributed by atoms with E-state index in [9.17, 15) is 9.59 Å². The molecule has 1 fully saturated rings. The van der Waals surface area contributed by atoms with Crippen LogP contribution in [0.1, 0.15) is 35.1 Å². The molecule has 2 amide bonds. The van der Waals surface area contributed by atoms with Gasteiger partial charge in [-0.1, -0.05) is 0 Å². The third-order valence-electron chi connectivity index (χ3n) is 3.28. The quantitative estimate of drug-likeness (QED) is 0.680. The second-order valence-electron chi connectivity index (χ2n) is 4.98. The fourth-order valence-corrected chi connectivity index (χ4v) is 3.25. The second-order valence-corrected chi connectivity index (χ2v) is 6.44. The average molecular weight is 293 g/mol. The van der Waals surface area contributed by atoms with Gasteiger partial charge in [-0.15, -0.1) is 11.3 Å². The van der Waals surface area contributed by atoms with E-state index in [0.717, 1.165) is 17.7 Å². The molecule has 1 saturated heterocycles. The van der Waals surface area contributed by atoms with Crippen LogP contribution in [0.5, 0.6) is 0 Å². The largest absolute Gasteiger partial charge is 0.333 e. The average Bonchev–Trinajstić information content (AvgIpc) is 2.93. The predicted octanol–water partition coefficient (Wildman–Crippen LogP) is 1.83. The highest BCUT2D eigenvalue weighted by Crippen LogP contribution is 2.21. The molecule has 0 aliphatic carbocycles. The highest BCUT2D eigenvalue weighted by Gasteiger charge is 2.22. The number of thiophene rings is 1. The van der Waals surface area contributed by atoms with Gasteiger partial charge in [-0.25, -0.2) is 5.43 Å². The monoisotopic (exact) mass is 293 g/mol. The molecule has 2 rings (SSSR count). The Bertz CT molecular complexity index is 563. The number of hydrogen-bond donors (Lipinski definition) is 1. The van der Waals surface area contributed by atoms with Crippen molar-refractivity contribution in [3.8, 4) is 0 Å². The lowest BCUT2D eigenvalue weighted by atomic mass is 10.2. The van der Waals surface area contributed by atoms with Crippen molar-refractivity contribution in [1.29, 1.82) is 0 Å². The zero-order chi connectivity index (χ0) is 14.7. The van der Waals surface area contributed by atoms with Crippen molar-refractivity contribution < 1.29 is 9.59 Å². The molecule has 1 aromatic rings. The third kappa shape index (κ3) is 3.45. The van der Waals surface area contributed by atoms with Gasteiger partial charge in [0, 0.05) is 28.3 Å². The smallest absolute Gasteiger partial charge is 0.259 e. The summed E-state index contributed by atoms with van der Waals surface area (Å²) in [6, 6.07) is 2.06. The normalized spacial score (nSPS) is 15.8. The SMILES string of the molecule is C/C(=N\NC(=O)CN1CCCC1=O)c1cc(C)sc1C. The van der Waals surface area contributed by atoms with Gasteiger partial charge in [0.15, 0.2) is 0 Å². The summed E-state index contributed by atoms with van der Waals surface area (Å²) in [5, 5.41) is 4.12. The molecule has 1 N–H and O–H groups in total. The first-order chi connectivity index (χ1) is 9.47. The summed E-state index contributed by atoms with van der Waals surface area (Å²) in [6.07, 6.45) is 1.38. The maximum absolute atomic E-state index is 11.8. The van der Waals surface area contributed by atoms with Gasteiger partial charge >= 0.3 is 0 Å². The van der Waals surface area contributed by atoms with Gasteiger partial charge in [0.1, 0.15) is 6.54 Å². The number of hydrogen-bond acceptors (Lipinski definition) is 4. The van der Waals surface area contributed by atoms with Crippen molar-refractivity contribution >= 4 is 28.9 Å². The Kier molecular flexibility index (Phi) is 4.54. The summed E-state index contributed by atoms with van der Waals surface area (Å²) in [4.78, 5) is 27.2. The molecule has 6 heteroatoms. The number of rotatable bonds is 4. The molecule has 1 aromatic heterocycles. The highest BCUT2D eigenvalue weighted by atomic mass is 32.1. The van der Waals surface area contributed by atoms with Crippen molar-refractivity contribution in [2.45, 2.75) is 33.6 Å². The number of likely N-dealkylation sites (tertiary alicyclic amines) is 1. The molecule has 0 bridgehead atoms. The number of nitrogens with zero attached hydrogens (tertiary/aromatic N) is 2. The Labute approximate surface area is 122 Å². The van der Waals surface area contributed by atoms with Gasteiger partial charge in [-0.3, -0.25) is 9.59 Å². The van der Waals surface area contributed by atoms with E-state index < -0.39 is 0 Å². The Morgan fingerprint density at radius 1 is 1.50 bits per heavy atom. The van der Waals surface area contributed by atoms with Crippen LogP contribution in [0.3, 0.4) is 0 Å². The summed E-state index contributed by atoms with van der Waals surface area (Å²) in [6.45, 7) is 6.72. The summed E-state index contributed by atoms with van der Waals surface area (Å²) < 4.78 is 0. The van der Waals surface area contributed by atoms with E-state index in [-0.39, 0.29) is 18.4 Å². The molecule has 20 heavy (non-hydrogen) atoms. The van der Waals surface area contributed by atoms with E-state index in [1.165, 1.54) is 9.75 Å². The maximum Gasteiger partial charge on any atom is 0.259 e. The lowest BCUT2D eigenvalue weighted by molar-refractivity contribution is -0.133. The predicted molar refractivity (Wildman–Crippen MR) is 80.0 cm³/mol. The first kappa shape index (κ1) is 14.7. The van der Waals surface area contributed by atoms with E-state index in [1.54, 1.807) is 16.2 Å². The van der Waals surface area contributed by atoms with Crippen LogP contribution in [-0.4, -0.2) is 35.5 Å². The maximum atomic E-state index is 11.8. The topological polar surface area (TPSA) is 61.8 Å². The van der Waals surface area contributed by atoms with Crippen LogP contribution in [-0.2, 0) is 9.59 Å². The van der Waals surface area contributed by atoms with Crippen molar-refractivity contribution in [2.24, 2.45) is 5.10 Å². The highest BCUT2D eigenvalue weighted by molar-refractivity contribution is 7.12. The van der Waals surface area contributed by atoms with Gasteiger partial charge in [-0.05, 0) is 33.3 Å². The molecular weight excluding hydrogens is 274 g/mol. The van der Waals surface area contributed by atoms with Gasteiger partial charge in [0.25, 0.3) is 5.91 Å². The number of nitrogens with one attached hydrogen (secondary N) is 1. The molecule has 108 valence electrons. The molecule has 1 aliphatic heterocycles. The fraction of sp³-hybridized carbons (Fsp3) is 0.500. The van der Waals surface area contributed by atoms with Crippen molar-refractivity contribution in [1.82, 2.24) is 10.3 Å². The number of carbonyl (C=O) groups excluding carboxylic acids is 2. The van der Waals surface area contributed by atoms with Crippen molar-refractivity contribution in [3.63, 3.8) is 0 Å². The Morgan fingerprint density at radius 3 is 2.80 bits per heavy atom. The number of amides is 2. The van der Waals surface area contributed by atoms with Gasteiger partial charge < -0.3 is 4.90 Å². The van der Waals surface area contributed by atoms with Gasteiger partial charge in [-0.2, -0.15) is 5.10 Å². The molecular formula is C14H19N3O2S. The molecule has 1 aliphatic rings. The minimum absolute atomic E-state index is 0.0464. The van der Waals surface area contributed by atoms with E-state index in [4.69, 9.17) is 0 Å². The Balaban J connectivity index is 1.93. The van der Waals surface area contributed by atoms with Crippen molar-refractivity contribution in [2.75, 3.05) is 13.1 Å². The number of carbonyl (C=O) groups is 2. The molecule has 0 spiro atoms. The lowest BCUT2D eigenvalue weighted by Gasteiger charge is -2.13. The minimum Gasteiger partial charge on any atom is -0.333 e. The van der Waals surface area contributed by atoms with E-state index in [2.05, 4.69) is 16.6 Å². The van der Waals surface area contributed by atoms with Crippen LogP contribution >= 0.6 is 11.3 Å². The summed E-state index contributed by atoms with van der Waals surface area (Å²) in [5.41, 5.74) is 4.37. The van der Waals surface area contributed by atoms with Crippen LogP contribution in [0.15, 0.2) is 11.2 Å². The molecule has 0 aromatic carbocycles. The fourth-order valence-electron chi connectivity index (χ4n) is 2.28. The second kappa shape index (κ2) is 6.17. The van der Waals surface area contributed by atoms with E-state index in [0.29, 0.717) is 13.0 Å². The zero-order valence-corrected chi connectivity index (χ0v) is 12.8. The number of aryl methyl sites for hydroxylation is 2. The molecule has 0 saturated carbocycles. The van der Waals surface area contributed by atoms with Gasteiger partial charge in [0.05, 0.1) is 5.71 Å². The Hall–Kier alpha value is -1.69. The molecule has 0 unspecified atom stereocenters. The lowest BCUT2D eigenvalue weighted by Crippen LogP contribution is -2.36. The number of hydrazone groups is 1. The molecule has 0 atom stereocenters. The molecule has 0 radical (unpaired) electrons. The van der Waals surface area contributed by atoms with Crippen molar-refractivity contribution in [3.05, 3.63) is 21.4 Å². The van der Waals surface area contributed by atoms with Crippen LogP contribution in [0, 0.1) is 13.8 Å². The summed E-state index contributed by atoms with van der Waals surface area (Å²) in [7, 11) is 0. The van der Waals surface area contributed by atoms with Gasteiger partial charge in [0.2, 0.25) is 5.91 Å². The van der Waals surface area contributed by atoms with Crippen LogP contribution in [0.4, 0.5) is 0 Å². The zero-order valence-electron chi connectivity index (χ0n) is 12.0. The molecule has 2 heterocycles.